The predicted molar refractivity (Wildman–Crippen MR) is 79.6 cm³/mol. The molecule has 1 amide bonds. The van der Waals surface area contributed by atoms with E-state index in [1.54, 1.807) is 6.07 Å². The quantitative estimate of drug-likeness (QED) is 0.785. The van der Waals surface area contributed by atoms with Gasteiger partial charge in [0.1, 0.15) is 11.6 Å². The van der Waals surface area contributed by atoms with E-state index in [2.05, 4.69) is 20.6 Å². The number of aromatic nitrogens is 2. The molecule has 0 saturated carbocycles. The summed E-state index contributed by atoms with van der Waals surface area (Å²) in [6, 6.07) is 5.08. The van der Waals surface area contributed by atoms with E-state index in [1.165, 1.54) is 0 Å². The van der Waals surface area contributed by atoms with Gasteiger partial charge >= 0.3 is 0 Å². The first-order valence-electron chi connectivity index (χ1n) is 6.00. The van der Waals surface area contributed by atoms with Crippen molar-refractivity contribution in [3.8, 4) is 0 Å². The number of nitrogens with zero attached hydrogens (tertiary/aromatic N) is 1. The predicted octanol–water partition coefficient (Wildman–Crippen LogP) is 1.56. The van der Waals surface area contributed by atoms with Crippen LogP contribution >= 0.6 is 24.0 Å². The Hall–Kier alpha value is -1.34. The van der Waals surface area contributed by atoms with Crippen LogP contribution in [-0.4, -0.2) is 41.7 Å². The number of morpholine rings is 1. The smallest absolute Gasteiger partial charge is 0.246 e. The van der Waals surface area contributed by atoms with Gasteiger partial charge in [-0.2, -0.15) is 0 Å². The number of ether oxygens (including phenoxy) is 1. The second-order valence-corrected chi connectivity index (χ2v) is 4.70. The van der Waals surface area contributed by atoms with Crippen molar-refractivity contribution in [3.05, 3.63) is 23.2 Å². The molecule has 108 valence electrons. The lowest BCUT2D eigenvalue weighted by Gasteiger charge is -2.22. The lowest BCUT2D eigenvalue weighted by atomic mass is 10.2. The van der Waals surface area contributed by atoms with Crippen LogP contribution in [0.1, 0.15) is 0 Å². The molecule has 1 saturated heterocycles. The molecular weight excluding hydrogens is 303 g/mol. The van der Waals surface area contributed by atoms with Crippen LogP contribution in [0.15, 0.2) is 18.2 Å². The molecule has 2 aromatic rings. The summed E-state index contributed by atoms with van der Waals surface area (Å²) < 4.78 is 5.24. The summed E-state index contributed by atoms with van der Waals surface area (Å²) in [5.74, 6) is 0.218. The Morgan fingerprint density at radius 2 is 2.35 bits per heavy atom. The number of amides is 1. The Balaban J connectivity index is 0.00000147. The minimum atomic E-state index is -0.350. The molecule has 0 bridgehead atoms. The molecule has 2 heterocycles. The number of anilines is 1. The zero-order valence-electron chi connectivity index (χ0n) is 10.5. The maximum atomic E-state index is 12.0. The van der Waals surface area contributed by atoms with Crippen molar-refractivity contribution < 1.29 is 9.53 Å². The fraction of sp³-hybridized carbons (Fsp3) is 0.333. The Bertz CT molecular complexity index is 611. The van der Waals surface area contributed by atoms with E-state index in [1.807, 2.05) is 12.1 Å². The Kier molecular flexibility index (Phi) is 4.82. The van der Waals surface area contributed by atoms with Gasteiger partial charge in [-0.15, -0.1) is 12.4 Å². The average Bonchev–Trinajstić information content (AvgIpc) is 2.84. The summed E-state index contributed by atoms with van der Waals surface area (Å²) in [5, 5.41) is 6.35. The normalized spacial score (nSPS) is 18.6. The van der Waals surface area contributed by atoms with Crippen molar-refractivity contribution in [3.63, 3.8) is 0 Å². The lowest BCUT2D eigenvalue weighted by Crippen LogP contribution is -2.48. The van der Waals surface area contributed by atoms with E-state index in [0.29, 0.717) is 36.2 Å². The third-order valence-corrected chi connectivity index (χ3v) is 3.25. The summed E-state index contributed by atoms with van der Waals surface area (Å²) in [7, 11) is 0. The molecule has 1 aromatic heterocycles. The van der Waals surface area contributed by atoms with Gasteiger partial charge in [0, 0.05) is 6.54 Å². The highest BCUT2D eigenvalue weighted by Crippen LogP contribution is 2.22. The number of hydrogen-bond donors (Lipinski definition) is 3. The molecule has 0 spiro atoms. The summed E-state index contributed by atoms with van der Waals surface area (Å²) in [4.78, 5) is 19.3. The number of carbonyl (C=O) groups excluding carboxylic acids is 1. The van der Waals surface area contributed by atoms with E-state index in [9.17, 15) is 4.79 Å². The van der Waals surface area contributed by atoms with Gasteiger partial charge < -0.3 is 15.0 Å². The standard InChI is InChI=1S/C12H13ClN4O2.ClH/c13-7-2-1-3-8-10(7)16-12(15-8)17-11(18)9-6-19-5-4-14-9;/h1-3,9,14H,4-6H2,(H2,15,16,17,18);1H. The van der Waals surface area contributed by atoms with Crippen LogP contribution in [0.4, 0.5) is 5.95 Å². The third-order valence-electron chi connectivity index (χ3n) is 2.94. The van der Waals surface area contributed by atoms with Crippen LogP contribution in [-0.2, 0) is 9.53 Å². The number of hydrogen-bond acceptors (Lipinski definition) is 4. The van der Waals surface area contributed by atoms with Crippen LogP contribution in [0, 0.1) is 0 Å². The van der Waals surface area contributed by atoms with Crippen molar-refractivity contribution in [1.29, 1.82) is 0 Å². The van der Waals surface area contributed by atoms with Crippen molar-refractivity contribution in [2.24, 2.45) is 0 Å². The first kappa shape index (κ1) is 15.1. The molecule has 0 aliphatic carbocycles. The van der Waals surface area contributed by atoms with Gasteiger partial charge in [0.25, 0.3) is 0 Å². The second kappa shape index (κ2) is 6.41. The molecule has 1 aliphatic heterocycles. The number of imidazole rings is 1. The summed E-state index contributed by atoms with van der Waals surface area (Å²) in [6.07, 6.45) is 0. The van der Waals surface area contributed by atoms with E-state index < -0.39 is 0 Å². The van der Waals surface area contributed by atoms with E-state index in [0.717, 1.165) is 5.52 Å². The van der Waals surface area contributed by atoms with Crippen LogP contribution in [0.5, 0.6) is 0 Å². The zero-order valence-corrected chi connectivity index (χ0v) is 12.1. The number of rotatable bonds is 2. The van der Waals surface area contributed by atoms with Gasteiger partial charge in [0.2, 0.25) is 11.9 Å². The summed E-state index contributed by atoms with van der Waals surface area (Å²) in [6.45, 7) is 1.67. The second-order valence-electron chi connectivity index (χ2n) is 4.29. The molecular formula is C12H14Cl2N4O2. The fourth-order valence-corrected chi connectivity index (χ4v) is 2.21. The maximum absolute atomic E-state index is 12.0. The van der Waals surface area contributed by atoms with Gasteiger partial charge in [-0.3, -0.25) is 10.1 Å². The molecule has 0 radical (unpaired) electrons. The molecule has 1 fully saturated rings. The number of aromatic amines is 1. The van der Waals surface area contributed by atoms with Crippen molar-refractivity contribution in [1.82, 2.24) is 15.3 Å². The number of carbonyl (C=O) groups is 1. The molecule has 1 unspecified atom stereocenters. The number of halogens is 2. The van der Waals surface area contributed by atoms with Crippen molar-refractivity contribution in [2.45, 2.75) is 6.04 Å². The molecule has 1 aromatic carbocycles. The molecule has 6 nitrogen and oxygen atoms in total. The molecule has 1 aliphatic rings. The highest BCUT2D eigenvalue weighted by Gasteiger charge is 2.22. The highest BCUT2D eigenvalue weighted by molar-refractivity contribution is 6.35. The van der Waals surface area contributed by atoms with Gasteiger partial charge in [-0.1, -0.05) is 17.7 Å². The Morgan fingerprint density at radius 3 is 3.05 bits per heavy atom. The topological polar surface area (TPSA) is 79.0 Å². The number of nitrogens with one attached hydrogen (secondary N) is 3. The number of benzene rings is 1. The molecule has 3 rings (SSSR count). The van der Waals surface area contributed by atoms with Crippen LogP contribution in [0.2, 0.25) is 5.02 Å². The van der Waals surface area contributed by atoms with Crippen LogP contribution in [0.25, 0.3) is 11.0 Å². The molecule has 1 atom stereocenters. The minimum Gasteiger partial charge on any atom is -0.378 e. The number of H-pyrrole nitrogens is 1. The van der Waals surface area contributed by atoms with E-state index >= 15 is 0 Å². The Labute approximate surface area is 126 Å². The number of fused-ring (bicyclic) bond motifs is 1. The van der Waals surface area contributed by atoms with E-state index in [-0.39, 0.29) is 24.4 Å². The Morgan fingerprint density at radius 1 is 1.50 bits per heavy atom. The minimum absolute atomic E-state index is 0. The first-order valence-corrected chi connectivity index (χ1v) is 6.38. The van der Waals surface area contributed by atoms with Crippen molar-refractivity contribution in [2.75, 3.05) is 25.1 Å². The fourth-order valence-electron chi connectivity index (χ4n) is 1.99. The first-order chi connectivity index (χ1) is 9.24. The molecule has 3 N–H and O–H groups in total. The van der Waals surface area contributed by atoms with Gasteiger partial charge in [-0.25, -0.2) is 4.98 Å². The lowest BCUT2D eigenvalue weighted by molar-refractivity contribution is -0.120. The highest BCUT2D eigenvalue weighted by atomic mass is 35.5. The third kappa shape index (κ3) is 3.04. The van der Waals surface area contributed by atoms with Gasteiger partial charge in [-0.05, 0) is 12.1 Å². The zero-order chi connectivity index (χ0) is 13.2. The summed E-state index contributed by atoms with van der Waals surface area (Å²) in [5.41, 5.74) is 1.43. The SMILES string of the molecule is Cl.O=C(Nc1nc2c(Cl)cccc2[nH]1)C1COCCN1. The average molecular weight is 317 g/mol. The number of para-hydroxylation sites is 1. The van der Waals surface area contributed by atoms with Crippen LogP contribution < -0.4 is 10.6 Å². The molecule has 20 heavy (non-hydrogen) atoms. The monoisotopic (exact) mass is 316 g/mol. The summed E-state index contributed by atoms with van der Waals surface area (Å²) >= 11 is 6.03. The van der Waals surface area contributed by atoms with Crippen molar-refractivity contribution >= 4 is 46.9 Å². The largest absolute Gasteiger partial charge is 0.378 e. The van der Waals surface area contributed by atoms with E-state index in [4.69, 9.17) is 16.3 Å². The van der Waals surface area contributed by atoms with Gasteiger partial charge in [0.05, 0.1) is 23.8 Å². The van der Waals surface area contributed by atoms with Crippen LogP contribution in [0.3, 0.4) is 0 Å². The van der Waals surface area contributed by atoms with Gasteiger partial charge in [0.15, 0.2) is 0 Å². The molecule has 8 heteroatoms. The maximum Gasteiger partial charge on any atom is 0.246 e.